The van der Waals surface area contributed by atoms with Crippen molar-refractivity contribution in [2.75, 3.05) is 19.6 Å². The molecular weight excluding hydrogens is 260 g/mol. The van der Waals surface area contributed by atoms with Crippen molar-refractivity contribution in [2.24, 2.45) is 0 Å². The van der Waals surface area contributed by atoms with E-state index in [0.29, 0.717) is 32.4 Å². The van der Waals surface area contributed by atoms with E-state index < -0.39 is 17.1 Å². The van der Waals surface area contributed by atoms with Crippen molar-refractivity contribution in [1.82, 2.24) is 9.80 Å². The Morgan fingerprint density at radius 3 is 2.35 bits per heavy atom. The molecule has 1 atom stereocenters. The van der Waals surface area contributed by atoms with Crippen molar-refractivity contribution >= 4 is 12.0 Å². The number of aliphatic hydroxyl groups is 1. The standard InChI is InChI=1S/C14H26N2O4/c1-5-14(11(17)18)8-7-9-16(14)12(19)15(6-2)10-13(3,4)20/h20H,5-10H2,1-4H3,(H,17,18). The smallest absolute Gasteiger partial charge is 0.329 e. The molecule has 116 valence electrons. The molecule has 0 bridgehead atoms. The van der Waals surface area contributed by atoms with E-state index in [1.54, 1.807) is 20.8 Å². The molecule has 1 saturated heterocycles. The van der Waals surface area contributed by atoms with E-state index in [-0.39, 0.29) is 12.6 Å². The van der Waals surface area contributed by atoms with Crippen LogP contribution in [-0.2, 0) is 4.79 Å². The van der Waals surface area contributed by atoms with Gasteiger partial charge in [-0.25, -0.2) is 9.59 Å². The highest BCUT2D eigenvalue weighted by atomic mass is 16.4. The van der Waals surface area contributed by atoms with Crippen LogP contribution in [0.15, 0.2) is 0 Å². The van der Waals surface area contributed by atoms with Crippen LogP contribution in [0.3, 0.4) is 0 Å². The van der Waals surface area contributed by atoms with Gasteiger partial charge in [0, 0.05) is 13.1 Å². The molecular formula is C14H26N2O4. The summed E-state index contributed by atoms with van der Waals surface area (Å²) in [5, 5.41) is 19.4. The normalized spacial score (nSPS) is 22.9. The van der Waals surface area contributed by atoms with Gasteiger partial charge in [-0.2, -0.15) is 0 Å². The van der Waals surface area contributed by atoms with Crippen LogP contribution in [0.1, 0.15) is 47.0 Å². The SMILES string of the molecule is CCN(CC(C)(C)O)C(=O)N1CCCC1(CC)C(=O)O. The predicted molar refractivity (Wildman–Crippen MR) is 75.5 cm³/mol. The zero-order valence-electron chi connectivity index (χ0n) is 12.8. The monoisotopic (exact) mass is 286 g/mol. The zero-order valence-corrected chi connectivity index (χ0v) is 12.8. The number of amides is 2. The minimum absolute atomic E-state index is 0.193. The predicted octanol–water partition coefficient (Wildman–Crippen LogP) is 1.53. The summed E-state index contributed by atoms with van der Waals surface area (Å²) in [6, 6.07) is -0.295. The van der Waals surface area contributed by atoms with Crippen molar-refractivity contribution in [3.05, 3.63) is 0 Å². The van der Waals surface area contributed by atoms with Crippen molar-refractivity contribution in [2.45, 2.75) is 58.1 Å². The van der Waals surface area contributed by atoms with Crippen LogP contribution in [0, 0.1) is 0 Å². The molecule has 1 fully saturated rings. The van der Waals surface area contributed by atoms with E-state index in [0.717, 1.165) is 0 Å². The minimum Gasteiger partial charge on any atom is -0.479 e. The fraction of sp³-hybridized carbons (Fsp3) is 0.857. The van der Waals surface area contributed by atoms with Gasteiger partial charge in [-0.3, -0.25) is 0 Å². The topological polar surface area (TPSA) is 81.1 Å². The Kier molecular flexibility index (Phi) is 5.02. The lowest BCUT2D eigenvalue weighted by atomic mass is 9.93. The molecule has 0 spiro atoms. The molecule has 0 aromatic rings. The molecule has 0 aromatic carbocycles. The molecule has 2 amide bonds. The Hall–Kier alpha value is -1.30. The van der Waals surface area contributed by atoms with E-state index in [9.17, 15) is 19.8 Å². The summed E-state index contributed by atoms with van der Waals surface area (Å²) in [6.07, 6.45) is 1.59. The van der Waals surface area contributed by atoms with Crippen molar-refractivity contribution < 1.29 is 19.8 Å². The second-order valence-corrected chi connectivity index (χ2v) is 6.05. The Morgan fingerprint density at radius 2 is 1.95 bits per heavy atom. The van der Waals surface area contributed by atoms with E-state index >= 15 is 0 Å². The van der Waals surface area contributed by atoms with Crippen LogP contribution in [0.5, 0.6) is 0 Å². The number of likely N-dealkylation sites (tertiary alicyclic amines) is 1. The fourth-order valence-corrected chi connectivity index (χ4v) is 2.85. The first kappa shape index (κ1) is 16.8. The maximum Gasteiger partial charge on any atom is 0.329 e. The molecule has 0 radical (unpaired) electrons. The first-order chi connectivity index (χ1) is 9.18. The molecule has 20 heavy (non-hydrogen) atoms. The van der Waals surface area contributed by atoms with Crippen molar-refractivity contribution in [3.8, 4) is 0 Å². The highest BCUT2D eigenvalue weighted by Crippen LogP contribution is 2.33. The molecule has 0 aliphatic carbocycles. The van der Waals surface area contributed by atoms with Gasteiger partial charge in [-0.1, -0.05) is 6.92 Å². The maximum atomic E-state index is 12.6. The summed E-state index contributed by atoms with van der Waals surface area (Å²) < 4.78 is 0. The van der Waals surface area contributed by atoms with Gasteiger partial charge in [-0.05, 0) is 40.0 Å². The van der Waals surface area contributed by atoms with Gasteiger partial charge in [0.25, 0.3) is 0 Å². The second kappa shape index (κ2) is 5.99. The largest absolute Gasteiger partial charge is 0.479 e. The Balaban J connectivity index is 2.96. The number of hydrogen-bond donors (Lipinski definition) is 2. The third-order valence-corrected chi connectivity index (χ3v) is 3.93. The Bertz CT molecular complexity index is 378. The quantitative estimate of drug-likeness (QED) is 0.803. The third kappa shape index (κ3) is 3.23. The fourth-order valence-electron chi connectivity index (χ4n) is 2.85. The Labute approximate surface area is 120 Å². The number of likely N-dealkylation sites (N-methyl/N-ethyl adjacent to an activating group) is 1. The van der Waals surface area contributed by atoms with Crippen molar-refractivity contribution in [3.63, 3.8) is 0 Å². The number of nitrogens with zero attached hydrogens (tertiary/aromatic N) is 2. The summed E-state index contributed by atoms with van der Waals surface area (Å²) in [5.74, 6) is -0.940. The van der Waals surface area contributed by atoms with Gasteiger partial charge in [-0.15, -0.1) is 0 Å². The minimum atomic E-state index is -1.09. The maximum absolute atomic E-state index is 12.6. The summed E-state index contributed by atoms with van der Waals surface area (Å²) in [7, 11) is 0. The average Bonchev–Trinajstić information content (AvgIpc) is 2.78. The molecule has 0 aromatic heterocycles. The highest BCUT2D eigenvalue weighted by Gasteiger charge is 2.49. The molecule has 1 aliphatic rings. The molecule has 1 unspecified atom stereocenters. The average molecular weight is 286 g/mol. The number of rotatable bonds is 5. The van der Waals surface area contributed by atoms with Crippen LogP contribution >= 0.6 is 0 Å². The molecule has 1 aliphatic heterocycles. The van der Waals surface area contributed by atoms with Crippen LogP contribution in [0.2, 0.25) is 0 Å². The van der Waals surface area contributed by atoms with Gasteiger partial charge in [0.15, 0.2) is 0 Å². The molecule has 6 nitrogen and oxygen atoms in total. The Morgan fingerprint density at radius 1 is 1.35 bits per heavy atom. The number of carboxylic acids is 1. The molecule has 1 rings (SSSR count). The molecule has 2 N–H and O–H groups in total. The molecule has 6 heteroatoms. The van der Waals surface area contributed by atoms with Crippen LogP contribution in [-0.4, -0.2) is 62.8 Å². The third-order valence-electron chi connectivity index (χ3n) is 3.93. The number of carbonyl (C=O) groups excluding carboxylic acids is 1. The van der Waals surface area contributed by atoms with Gasteiger partial charge in [0.05, 0.1) is 12.1 Å². The number of urea groups is 1. The van der Waals surface area contributed by atoms with Gasteiger partial charge in [0.2, 0.25) is 0 Å². The highest BCUT2D eigenvalue weighted by molar-refractivity contribution is 5.87. The summed E-state index contributed by atoms with van der Waals surface area (Å²) in [4.78, 5) is 27.2. The van der Waals surface area contributed by atoms with E-state index in [1.165, 1.54) is 9.80 Å². The number of carbonyl (C=O) groups is 2. The van der Waals surface area contributed by atoms with Gasteiger partial charge < -0.3 is 20.0 Å². The summed E-state index contributed by atoms with van der Waals surface area (Å²) in [6.45, 7) is 7.99. The zero-order chi connectivity index (χ0) is 15.6. The number of aliphatic carboxylic acids is 1. The van der Waals surface area contributed by atoms with Crippen LogP contribution < -0.4 is 0 Å². The lowest BCUT2D eigenvalue weighted by Gasteiger charge is -2.38. The van der Waals surface area contributed by atoms with Crippen LogP contribution in [0.4, 0.5) is 4.79 Å². The number of carboxylic acid groups (broad SMARTS) is 1. The van der Waals surface area contributed by atoms with Gasteiger partial charge in [0.1, 0.15) is 5.54 Å². The molecule has 0 saturated carbocycles. The first-order valence-electron chi connectivity index (χ1n) is 7.20. The lowest BCUT2D eigenvalue weighted by Crippen LogP contribution is -2.58. The van der Waals surface area contributed by atoms with Crippen molar-refractivity contribution in [1.29, 1.82) is 0 Å². The van der Waals surface area contributed by atoms with Gasteiger partial charge >= 0.3 is 12.0 Å². The summed E-state index contributed by atoms with van der Waals surface area (Å²) >= 11 is 0. The van der Waals surface area contributed by atoms with E-state index in [2.05, 4.69) is 0 Å². The van der Waals surface area contributed by atoms with Crippen LogP contribution in [0.25, 0.3) is 0 Å². The van der Waals surface area contributed by atoms with E-state index in [4.69, 9.17) is 0 Å². The second-order valence-electron chi connectivity index (χ2n) is 6.05. The summed E-state index contributed by atoms with van der Waals surface area (Å²) in [5.41, 5.74) is -2.09. The first-order valence-corrected chi connectivity index (χ1v) is 7.20. The number of hydrogen-bond acceptors (Lipinski definition) is 3. The lowest BCUT2D eigenvalue weighted by molar-refractivity contribution is -0.148. The molecule has 1 heterocycles. The van der Waals surface area contributed by atoms with E-state index in [1.807, 2.05) is 6.92 Å².